The lowest BCUT2D eigenvalue weighted by molar-refractivity contribution is -0.0922. The summed E-state index contributed by atoms with van der Waals surface area (Å²) in [6.45, 7) is 11.7. The number of rotatable bonds is 5. The first-order valence-electron chi connectivity index (χ1n) is 8.84. The molecular formula is C17H35N5O. The highest BCUT2D eigenvalue weighted by Crippen LogP contribution is 2.42. The summed E-state index contributed by atoms with van der Waals surface area (Å²) in [5.41, 5.74) is 0.146. The molecule has 0 amide bonds. The Balaban J connectivity index is 1.93. The number of likely N-dealkylation sites (N-methyl/N-ethyl adjacent to an activating group) is 2. The van der Waals surface area contributed by atoms with Gasteiger partial charge in [0.2, 0.25) is 0 Å². The summed E-state index contributed by atoms with van der Waals surface area (Å²) >= 11 is 0. The third kappa shape index (κ3) is 4.37. The zero-order valence-electron chi connectivity index (χ0n) is 15.7. The Bertz CT molecular complexity index is 412. The number of hydrogen-bond acceptors (Lipinski definition) is 4. The molecule has 1 saturated carbocycles. The summed E-state index contributed by atoms with van der Waals surface area (Å²) in [6, 6.07) is 0.905. The Morgan fingerprint density at radius 3 is 2.65 bits per heavy atom. The molecule has 0 radical (unpaired) electrons. The molecule has 2 fully saturated rings. The van der Waals surface area contributed by atoms with Gasteiger partial charge in [0.05, 0.1) is 12.6 Å². The van der Waals surface area contributed by atoms with Crippen molar-refractivity contribution in [3.05, 3.63) is 0 Å². The lowest BCUT2D eigenvalue weighted by Gasteiger charge is -2.51. The molecule has 3 unspecified atom stereocenters. The molecule has 0 bridgehead atoms. The molecule has 2 aliphatic rings. The predicted octanol–water partition coefficient (Wildman–Crippen LogP) is 0.601. The highest BCUT2D eigenvalue weighted by Gasteiger charge is 2.48. The van der Waals surface area contributed by atoms with E-state index in [2.05, 4.69) is 55.3 Å². The van der Waals surface area contributed by atoms with Crippen molar-refractivity contribution in [2.45, 2.75) is 45.4 Å². The molecule has 0 aromatic heterocycles. The maximum atomic E-state index is 5.54. The number of methoxy groups -OCH3 is 1. The SMILES string of the molecule is CCNC(=NCC1CN(C)CCN1C)NC1CC(OC)C1(C)C. The molecule has 6 nitrogen and oxygen atoms in total. The summed E-state index contributed by atoms with van der Waals surface area (Å²) < 4.78 is 5.54. The fraction of sp³-hybridized carbons (Fsp3) is 0.941. The van der Waals surface area contributed by atoms with Crippen molar-refractivity contribution in [2.24, 2.45) is 10.4 Å². The molecular weight excluding hydrogens is 290 g/mol. The van der Waals surface area contributed by atoms with Gasteiger partial charge in [0, 0.05) is 50.8 Å². The minimum absolute atomic E-state index is 0.146. The molecule has 134 valence electrons. The zero-order chi connectivity index (χ0) is 17.0. The second kappa shape index (κ2) is 7.81. The number of aliphatic imine (C=N–C) groups is 1. The molecule has 1 heterocycles. The third-order valence-electron chi connectivity index (χ3n) is 5.56. The van der Waals surface area contributed by atoms with Gasteiger partial charge >= 0.3 is 0 Å². The number of nitrogens with zero attached hydrogens (tertiary/aromatic N) is 3. The van der Waals surface area contributed by atoms with Crippen molar-refractivity contribution in [1.29, 1.82) is 0 Å². The Morgan fingerprint density at radius 1 is 1.30 bits per heavy atom. The zero-order valence-corrected chi connectivity index (χ0v) is 15.7. The quantitative estimate of drug-likeness (QED) is 0.573. The summed E-state index contributed by atoms with van der Waals surface area (Å²) in [5.74, 6) is 0.932. The summed E-state index contributed by atoms with van der Waals surface area (Å²) in [5, 5.41) is 6.99. The lowest BCUT2D eigenvalue weighted by atomic mass is 9.64. The van der Waals surface area contributed by atoms with E-state index in [1.54, 1.807) is 7.11 Å². The fourth-order valence-corrected chi connectivity index (χ4v) is 3.51. The van der Waals surface area contributed by atoms with Crippen LogP contribution in [0.5, 0.6) is 0 Å². The Hall–Kier alpha value is -0.850. The number of guanidine groups is 1. The van der Waals surface area contributed by atoms with Crippen LogP contribution in [0.3, 0.4) is 0 Å². The first-order chi connectivity index (χ1) is 10.9. The van der Waals surface area contributed by atoms with E-state index in [0.29, 0.717) is 18.2 Å². The maximum absolute atomic E-state index is 5.54. The van der Waals surface area contributed by atoms with Crippen LogP contribution in [0.1, 0.15) is 27.2 Å². The van der Waals surface area contributed by atoms with Crippen molar-refractivity contribution >= 4 is 5.96 Å². The highest BCUT2D eigenvalue weighted by molar-refractivity contribution is 5.80. The molecule has 0 aromatic carbocycles. The van der Waals surface area contributed by atoms with Gasteiger partial charge in [-0.1, -0.05) is 13.8 Å². The van der Waals surface area contributed by atoms with Crippen molar-refractivity contribution < 1.29 is 4.74 Å². The largest absolute Gasteiger partial charge is 0.381 e. The van der Waals surface area contributed by atoms with Crippen LogP contribution in [-0.4, -0.2) is 87.9 Å². The van der Waals surface area contributed by atoms with E-state index in [1.807, 2.05) is 0 Å². The topological polar surface area (TPSA) is 52.1 Å². The lowest BCUT2D eigenvalue weighted by Crippen LogP contribution is -2.63. The molecule has 1 saturated heterocycles. The molecule has 3 atom stereocenters. The first kappa shape index (κ1) is 18.5. The summed E-state index contributed by atoms with van der Waals surface area (Å²) in [6.07, 6.45) is 1.38. The van der Waals surface area contributed by atoms with Crippen LogP contribution in [0.25, 0.3) is 0 Å². The van der Waals surface area contributed by atoms with Gasteiger partial charge < -0.3 is 20.3 Å². The van der Waals surface area contributed by atoms with Gasteiger partial charge in [0.25, 0.3) is 0 Å². The molecule has 0 aromatic rings. The van der Waals surface area contributed by atoms with E-state index in [1.165, 1.54) is 0 Å². The van der Waals surface area contributed by atoms with Crippen LogP contribution in [-0.2, 0) is 4.74 Å². The van der Waals surface area contributed by atoms with Crippen molar-refractivity contribution in [1.82, 2.24) is 20.4 Å². The number of piperazine rings is 1. The van der Waals surface area contributed by atoms with Gasteiger partial charge in [-0.25, -0.2) is 0 Å². The third-order valence-corrected chi connectivity index (χ3v) is 5.56. The van der Waals surface area contributed by atoms with Crippen molar-refractivity contribution in [3.8, 4) is 0 Å². The van der Waals surface area contributed by atoms with Gasteiger partial charge in [-0.3, -0.25) is 9.89 Å². The number of ether oxygens (including phenoxy) is 1. The van der Waals surface area contributed by atoms with E-state index in [9.17, 15) is 0 Å². The van der Waals surface area contributed by atoms with E-state index in [0.717, 1.165) is 45.1 Å². The predicted molar refractivity (Wildman–Crippen MR) is 96.0 cm³/mol. The van der Waals surface area contributed by atoms with Gasteiger partial charge in [-0.15, -0.1) is 0 Å². The molecule has 1 aliphatic carbocycles. The van der Waals surface area contributed by atoms with Crippen LogP contribution >= 0.6 is 0 Å². The first-order valence-corrected chi connectivity index (χ1v) is 8.84. The average molecular weight is 326 g/mol. The molecule has 0 spiro atoms. The van der Waals surface area contributed by atoms with E-state index < -0.39 is 0 Å². The standard InChI is InChI=1S/C17H35N5O/c1-7-18-16(20-14-10-15(23-6)17(14,2)3)19-11-13-12-21(4)8-9-22(13)5/h13-15H,7-12H2,1-6H3,(H2,18,19,20). The second-order valence-corrected chi connectivity index (χ2v) is 7.59. The van der Waals surface area contributed by atoms with Crippen molar-refractivity contribution in [3.63, 3.8) is 0 Å². The highest BCUT2D eigenvalue weighted by atomic mass is 16.5. The van der Waals surface area contributed by atoms with Crippen LogP contribution < -0.4 is 10.6 Å². The maximum Gasteiger partial charge on any atom is 0.191 e. The van der Waals surface area contributed by atoms with Gasteiger partial charge in [0.1, 0.15) is 0 Å². The average Bonchev–Trinajstić information content (AvgIpc) is 2.51. The molecule has 2 N–H and O–H groups in total. The van der Waals surface area contributed by atoms with Gasteiger partial charge in [0.15, 0.2) is 5.96 Å². The number of nitrogens with one attached hydrogen (secondary N) is 2. The Morgan fingerprint density at radius 2 is 2.04 bits per heavy atom. The van der Waals surface area contributed by atoms with Crippen molar-refractivity contribution in [2.75, 3.05) is 53.9 Å². The summed E-state index contributed by atoms with van der Waals surface area (Å²) in [4.78, 5) is 9.65. The van der Waals surface area contributed by atoms with Crippen LogP contribution in [0.15, 0.2) is 4.99 Å². The smallest absolute Gasteiger partial charge is 0.191 e. The monoisotopic (exact) mass is 325 g/mol. The summed E-state index contributed by atoms with van der Waals surface area (Å²) in [7, 11) is 6.19. The normalized spacial score (nSPS) is 32.4. The minimum Gasteiger partial charge on any atom is -0.381 e. The Labute approximate surface area is 141 Å². The molecule has 6 heteroatoms. The van der Waals surface area contributed by atoms with E-state index >= 15 is 0 Å². The van der Waals surface area contributed by atoms with Crippen LogP contribution in [0.4, 0.5) is 0 Å². The van der Waals surface area contributed by atoms with E-state index in [-0.39, 0.29) is 5.41 Å². The fourth-order valence-electron chi connectivity index (χ4n) is 3.51. The van der Waals surface area contributed by atoms with Gasteiger partial charge in [-0.2, -0.15) is 0 Å². The van der Waals surface area contributed by atoms with E-state index in [4.69, 9.17) is 9.73 Å². The molecule has 23 heavy (non-hydrogen) atoms. The van der Waals surface area contributed by atoms with Crippen LogP contribution in [0, 0.1) is 5.41 Å². The van der Waals surface area contributed by atoms with Gasteiger partial charge in [-0.05, 0) is 27.4 Å². The Kier molecular flexibility index (Phi) is 6.28. The number of hydrogen-bond donors (Lipinski definition) is 2. The second-order valence-electron chi connectivity index (χ2n) is 7.59. The molecule has 2 rings (SSSR count). The minimum atomic E-state index is 0.146. The molecule has 1 aliphatic heterocycles. The van der Waals surface area contributed by atoms with Crippen LogP contribution in [0.2, 0.25) is 0 Å².